The van der Waals surface area contributed by atoms with Crippen LogP contribution in [0, 0.1) is 5.92 Å². The lowest BCUT2D eigenvalue weighted by atomic mass is 9.94. The molecular formula is C11H20N2O3S. The van der Waals surface area contributed by atoms with Gasteiger partial charge in [-0.15, -0.1) is 0 Å². The van der Waals surface area contributed by atoms with Crippen LogP contribution in [0.4, 0.5) is 4.79 Å². The topological polar surface area (TPSA) is 78.4 Å². The third-order valence-corrected chi connectivity index (χ3v) is 3.36. The van der Waals surface area contributed by atoms with E-state index in [2.05, 4.69) is 10.6 Å². The molecule has 0 spiro atoms. The molecule has 17 heavy (non-hydrogen) atoms. The predicted octanol–water partition coefficient (Wildman–Crippen LogP) is 0.725. The Labute approximate surface area is 106 Å². The number of hydrogen-bond donors (Lipinski definition) is 3. The molecule has 2 atom stereocenters. The molecule has 2 unspecified atom stereocenters. The van der Waals surface area contributed by atoms with Crippen molar-refractivity contribution >= 4 is 22.9 Å². The van der Waals surface area contributed by atoms with Crippen LogP contribution in [0.3, 0.4) is 0 Å². The summed E-state index contributed by atoms with van der Waals surface area (Å²) in [4.78, 5) is 22.6. The first-order valence-electron chi connectivity index (χ1n) is 5.73. The van der Waals surface area contributed by atoms with E-state index in [4.69, 9.17) is 0 Å². The highest BCUT2D eigenvalue weighted by atomic mass is 32.2. The Morgan fingerprint density at radius 2 is 2.35 bits per heavy atom. The molecule has 1 rings (SSSR count). The summed E-state index contributed by atoms with van der Waals surface area (Å²) < 4.78 is 0. The first kappa shape index (κ1) is 14.3. The van der Waals surface area contributed by atoms with Crippen LogP contribution in [-0.4, -0.2) is 40.2 Å². The molecule has 0 radical (unpaired) electrons. The molecule has 6 heteroatoms. The average Bonchev–Trinajstić information content (AvgIpc) is 2.59. The molecule has 0 aromatic heterocycles. The van der Waals surface area contributed by atoms with Crippen LogP contribution in [-0.2, 0) is 4.79 Å². The number of carbonyl (C=O) groups is 2. The highest BCUT2D eigenvalue weighted by molar-refractivity contribution is 8.14. The molecule has 1 aliphatic rings. The highest BCUT2D eigenvalue weighted by Gasteiger charge is 2.29. The molecule has 98 valence electrons. The van der Waals surface area contributed by atoms with E-state index >= 15 is 0 Å². The molecule has 1 heterocycles. The van der Waals surface area contributed by atoms with Crippen LogP contribution in [0.15, 0.2) is 0 Å². The van der Waals surface area contributed by atoms with E-state index in [9.17, 15) is 14.7 Å². The van der Waals surface area contributed by atoms with Crippen LogP contribution in [0.25, 0.3) is 0 Å². The van der Waals surface area contributed by atoms with Crippen LogP contribution < -0.4 is 10.6 Å². The zero-order chi connectivity index (χ0) is 13.1. The molecule has 0 bridgehead atoms. The van der Waals surface area contributed by atoms with Gasteiger partial charge >= 0.3 is 0 Å². The van der Waals surface area contributed by atoms with Crippen molar-refractivity contribution in [1.29, 1.82) is 0 Å². The van der Waals surface area contributed by atoms with Crippen LogP contribution in [0.5, 0.6) is 0 Å². The second kappa shape index (κ2) is 5.73. The summed E-state index contributed by atoms with van der Waals surface area (Å²) >= 11 is 1.10. The Morgan fingerprint density at radius 3 is 2.82 bits per heavy atom. The largest absolute Gasteiger partial charge is 0.388 e. The van der Waals surface area contributed by atoms with Gasteiger partial charge in [0.2, 0.25) is 5.91 Å². The summed E-state index contributed by atoms with van der Waals surface area (Å²) in [6, 6.07) is -0.470. The molecular weight excluding hydrogens is 240 g/mol. The lowest BCUT2D eigenvalue weighted by Crippen LogP contribution is -2.48. The van der Waals surface area contributed by atoms with Gasteiger partial charge in [-0.05, 0) is 19.3 Å². The Bertz CT molecular complexity index is 305. The zero-order valence-corrected chi connectivity index (χ0v) is 11.3. The molecule has 1 aliphatic heterocycles. The third-order valence-electron chi connectivity index (χ3n) is 2.48. The summed E-state index contributed by atoms with van der Waals surface area (Å²) in [6.45, 7) is 5.95. The Kier molecular flexibility index (Phi) is 4.82. The van der Waals surface area contributed by atoms with E-state index in [0.717, 1.165) is 11.8 Å². The van der Waals surface area contributed by atoms with Gasteiger partial charge < -0.3 is 15.7 Å². The van der Waals surface area contributed by atoms with Crippen molar-refractivity contribution in [3.63, 3.8) is 0 Å². The Morgan fingerprint density at radius 1 is 1.71 bits per heavy atom. The minimum Gasteiger partial charge on any atom is -0.388 e. The van der Waals surface area contributed by atoms with Gasteiger partial charge in [0.1, 0.15) is 6.04 Å². The number of thioether (sulfide) groups is 1. The van der Waals surface area contributed by atoms with Crippen molar-refractivity contribution in [2.45, 2.75) is 38.8 Å². The van der Waals surface area contributed by atoms with Gasteiger partial charge in [-0.3, -0.25) is 9.59 Å². The fraction of sp³-hybridized carbons (Fsp3) is 0.818. The number of rotatable bonds is 5. The lowest BCUT2D eigenvalue weighted by molar-refractivity contribution is -0.123. The first-order chi connectivity index (χ1) is 7.80. The summed E-state index contributed by atoms with van der Waals surface area (Å²) in [7, 11) is 0. The van der Waals surface area contributed by atoms with E-state index in [1.165, 1.54) is 0 Å². The fourth-order valence-electron chi connectivity index (χ4n) is 1.88. The Hall–Kier alpha value is -0.750. The smallest absolute Gasteiger partial charge is 0.279 e. The Balaban J connectivity index is 2.34. The van der Waals surface area contributed by atoms with Crippen molar-refractivity contribution in [1.82, 2.24) is 10.6 Å². The molecule has 0 aliphatic carbocycles. The normalized spacial score (nSPS) is 23.4. The molecule has 0 aromatic carbocycles. The molecule has 1 saturated heterocycles. The zero-order valence-electron chi connectivity index (χ0n) is 10.4. The van der Waals surface area contributed by atoms with Crippen LogP contribution >= 0.6 is 11.8 Å². The molecule has 0 aromatic rings. The van der Waals surface area contributed by atoms with Gasteiger partial charge in [0.15, 0.2) is 0 Å². The predicted molar refractivity (Wildman–Crippen MR) is 67.9 cm³/mol. The number of nitrogens with one attached hydrogen (secondary N) is 2. The van der Waals surface area contributed by atoms with Gasteiger partial charge in [0.25, 0.3) is 5.24 Å². The molecule has 1 fully saturated rings. The van der Waals surface area contributed by atoms with E-state index < -0.39 is 11.6 Å². The summed E-state index contributed by atoms with van der Waals surface area (Å²) in [5, 5.41) is 15.1. The quantitative estimate of drug-likeness (QED) is 0.681. The number of hydrogen-bond acceptors (Lipinski definition) is 4. The monoisotopic (exact) mass is 260 g/mol. The van der Waals surface area contributed by atoms with Crippen molar-refractivity contribution in [3.05, 3.63) is 0 Å². The molecule has 0 saturated carbocycles. The molecule has 5 nitrogen and oxygen atoms in total. The average molecular weight is 260 g/mol. The van der Waals surface area contributed by atoms with Gasteiger partial charge in [0, 0.05) is 12.3 Å². The van der Waals surface area contributed by atoms with Gasteiger partial charge in [-0.25, -0.2) is 0 Å². The van der Waals surface area contributed by atoms with Crippen molar-refractivity contribution in [2.75, 3.05) is 12.3 Å². The van der Waals surface area contributed by atoms with E-state index in [1.54, 1.807) is 6.92 Å². The second-order valence-electron chi connectivity index (χ2n) is 5.11. The first-order valence-corrected chi connectivity index (χ1v) is 6.72. The standard InChI is InChI=1S/C11H20N2O3S/c1-7(2)4-11(3,16)6-12-9(14)8-5-17-10(15)13-8/h7-8,16H,4-6H2,1-3H3,(H,12,14)(H,13,15). The molecule has 2 amide bonds. The molecule has 3 N–H and O–H groups in total. The van der Waals surface area contributed by atoms with Crippen molar-refractivity contribution in [3.8, 4) is 0 Å². The third kappa shape index (κ3) is 4.95. The highest BCUT2D eigenvalue weighted by Crippen LogP contribution is 2.16. The summed E-state index contributed by atoms with van der Waals surface area (Å²) in [5.74, 6) is 0.591. The minimum absolute atomic E-state index is 0.168. The lowest BCUT2D eigenvalue weighted by Gasteiger charge is -2.26. The van der Waals surface area contributed by atoms with E-state index in [-0.39, 0.29) is 17.7 Å². The number of amides is 2. The maximum Gasteiger partial charge on any atom is 0.279 e. The van der Waals surface area contributed by atoms with E-state index in [1.807, 2.05) is 13.8 Å². The van der Waals surface area contributed by atoms with Crippen LogP contribution in [0.2, 0.25) is 0 Å². The minimum atomic E-state index is -0.903. The second-order valence-corrected chi connectivity index (χ2v) is 6.10. The maximum atomic E-state index is 11.7. The summed E-state index contributed by atoms with van der Waals surface area (Å²) in [6.07, 6.45) is 0.624. The summed E-state index contributed by atoms with van der Waals surface area (Å²) in [5.41, 5.74) is -0.903. The van der Waals surface area contributed by atoms with Gasteiger partial charge in [-0.1, -0.05) is 25.6 Å². The number of carbonyl (C=O) groups excluding carboxylic acids is 2. The van der Waals surface area contributed by atoms with Crippen molar-refractivity contribution < 1.29 is 14.7 Å². The fourth-order valence-corrected chi connectivity index (χ4v) is 2.66. The van der Waals surface area contributed by atoms with Gasteiger partial charge in [-0.2, -0.15) is 0 Å². The number of aliphatic hydroxyl groups is 1. The van der Waals surface area contributed by atoms with E-state index in [0.29, 0.717) is 18.1 Å². The van der Waals surface area contributed by atoms with Crippen molar-refractivity contribution in [2.24, 2.45) is 5.92 Å². The van der Waals surface area contributed by atoms with Crippen LogP contribution in [0.1, 0.15) is 27.2 Å². The maximum absolute atomic E-state index is 11.7. The SMILES string of the molecule is CC(C)CC(C)(O)CNC(=O)C1CSC(=O)N1. The van der Waals surface area contributed by atoms with Gasteiger partial charge in [0.05, 0.1) is 5.60 Å².